The predicted molar refractivity (Wildman–Crippen MR) is 205 cm³/mol. The number of hydrogen-bond acceptors (Lipinski definition) is 11. The third-order valence-corrected chi connectivity index (χ3v) is 12.5. The van der Waals surface area contributed by atoms with Crippen LogP contribution in [0.3, 0.4) is 0 Å². The number of alkyl carbamates (subject to hydrolysis) is 1. The minimum atomic E-state index is -3.89. The van der Waals surface area contributed by atoms with Crippen LogP contribution in [0.15, 0.2) is 53.5 Å². The lowest BCUT2D eigenvalue weighted by Gasteiger charge is -2.35. The summed E-state index contributed by atoms with van der Waals surface area (Å²) >= 11 is 1.57. The first-order valence-corrected chi connectivity index (χ1v) is 20.4. The number of rotatable bonds is 14. The molecule has 3 fully saturated rings. The van der Waals surface area contributed by atoms with E-state index in [9.17, 15) is 27.6 Å². The molecule has 4 amide bonds. The van der Waals surface area contributed by atoms with Crippen LogP contribution in [0.5, 0.6) is 5.75 Å². The van der Waals surface area contributed by atoms with Gasteiger partial charge in [0.2, 0.25) is 21.8 Å². The molecule has 1 saturated heterocycles. The smallest absolute Gasteiger partial charge is 0.407 e. The van der Waals surface area contributed by atoms with E-state index in [-0.39, 0.29) is 25.9 Å². The molecule has 2 unspecified atom stereocenters. The molecule has 54 heavy (non-hydrogen) atoms. The molecule has 294 valence electrons. The van der Waals surface area contributed by atoms with E-state index >= 15 is 0 Å². The Hall–Kier alpha value is -4.44. The first kappa shape index (κ1) is 40.7. The highest BCUT2D eigenvalue weighted by molar-refractivity contribution is 7.91. The van der Waals surface area contributed by atoms with Gasteiger partial charge >= 0.3 is 6.09 Å². The van der Waals surface area contributed by atoms with Gasteiger partial charge in [-0.15, -0.1) is 17.9 Å². The van der Waals surface area contributed by atoms with Gasteiger partial charge in [0, 0.05) is 34.9 Å². The molecular weight excluding hydrogens is 735 g/mol. The highest BCUT2D eigenvalue weighted by Crippen LogP contribution is 2.45. The van der Waals surface area contributed by atoms with Crippen LogP contribution >= 0.6 is 11.3 Å². The van der Waals surface area contributed by atoms with Gasteiger partial charge in [-0.25, -0.2) is 13.2 Å². The summed E-state index contributed by atoms with van der Waals surface area (Å²) in [6.45, 7) is 14.4. The maximum absolute atomic E-state index is 14.5. The Balaban J connectivity index is 1.40. The molecule has 0 radical (unpaired) electrons. The topological polar surface area (TPSA) is 182 Å². The van der Waals surface area contributed by atoms with Gasteiger partial charge < -0.3 is 29.8 Å². The molecule has 1 aliphatic heterocycles. The molecule has 14 nitrogen and oxygen atoms in total. The second-order valence-corrected chi connectivity index (χ2v) is 19.0. The average molecular weight is 786 g/mol. The molecular formula is C38H51N5O9S2. The third-order valence-electron chi connectivity index (χ3n) is 9.74. The Kier molecular flexibility index (Phi) is 11.9. The predicted octanol–water partition coefficient (Wildman–Crippen LogP) is 4.60. The van der Waals surface area contributed by atoms with Gasteiger partial charge in [0.15, 0.2) is 0 Å². The first-order chi connectivity index (χ1) is 25.3. The van der Waals surface area contributed by atoms with Crippen LogP contribution in [0, 0.1) is 17.3 Å². The van der Waals surface area contributed by atoms with Crippen molar-refractivity contribution in [2.45, 2.75) is 95.8 Å². The summed E-state index contributed by atoms with van der Waals surface area (Å²) < 4.78 is 38.3. The number of nitrogens with zero attached hydrogens (tertiary/aromatic N) is 2. The van der Waals surface area contributed by atoms with E-state index < -0.39 is 79.6 Å². The van der Waals surface area contributed by atoms with Gasteiger partial charge in [-0.2, -0.15) is 0 Å². The zero-order valence-electron chi connectivity index (χ0n) is 31.8. The molecule has 1 aromatic heterocycles. The van der Waals surface area contributed by atoms with Gasteiger partial charge in [-0.3, -0.25) is 19.1 Å². The Morgan fingerprint density at radius 1 is 1.13 bits per heavy atom. The molecule has 3 N–H and O–H groups in total. The minimum absolute atomic E-state index is 0.0245. The zero-order chi connectivity index (χ0) is 39.6. The molecule has 3 aliphatic rings. The number of carbonyl (C=O) groups is 4. The van der Waals surface area contributed by atoms with Crippen molar-refractivity contribution in [1.82, 2.24) is 20.3 Å². The van der Waals surface area contributed by atoms with Crippen molar-refractivity contribution in [3.05, 3.63) is 53.9 Å². The molecule has 2 aromatic rings. The third kappa shape index (κ3) is 9.61. The van der Waals surface area contributed by atoms with E-state index in [0.717, 1.165) is 16.0 Å². The standard InChI is InChI=1S/C38H51N5O9S2/c1-9-24-19-38(24,34(46)42-54(48,49)27-13-14-27)41-32(44)30-18-26(52-40-20-23-17-25(50-8)12-15-28(23)31-11-10-16-53-31)22-43(30)33(45)29(36(2,3)4)21-39-35(47)51-37(5,6)7/h9-12,15-17,20,24,26-27,29-30H,1,13-14,18-19,21-22H2,2-8H3,(H,39,47)(H,41,44)(H,42,46)/b40-20+/t24-,26?,29-,30?,38+/m1/s1. The lowest BCUT2D eigenvalue weighted by molar-refractivity contribution is -0.145. The van der Waals surface area contributed by atoms with E-state index in [1.807, 2.05) is 56.5 Å². The summed E-state index contributed by atoms with van der Waals surface area (Å²) in [5, 5.41) is 11.1. The van der Waals surface area contributed by atoms with Crippen LogP contribution < -0.4 is 20.1 Å². The summed E-state index contributed by atoms with van der Waals surface area (Å²) in [4.78, 5) is 63.1. The van der Waals surface area contributed by atoms with Crippen LogP contribution in [0.4, 0.5) is 4.79 Å². The number of thiophene rings is 1. The molecule has 16 heteroatoms. The number of ether oxygens (including phenoxy) is 2. The number of likely N-dealkylation sites (tertiary alicyclic amines) is 1. The molecule has 1 aromatic carbocycles. The van der Waals surface area contributed by atoms with Crippen molar-refractivity contribution in [2.24, 2.45) is 22.4 Å². The maximum Gasteiger partial charge on any atom is 0.407 e. The summed E-state index contributed by atoms with van der Waals surface area (Å²) in [5.74, 6) is -2.60. The average Bonchev–Trinajstić information content (AvgIpc) is 3.95. The summed E-state index contributed by atoms with van der Waals surface area (Å²) in [5.41, 5.74) is -1.32. The summed E-state index contributed by atoms with van der Waals surface area (Å²) in [7, 11) is -2.33. The molecule has 2 saturated carbocycles. The lowest BCUT2D eigenvalue weighted by Crippen LogP contribution is -2.57. The monoisotopic (exact) mass is 785 g/mol. The largest absolute Gasteiger partial charge is 0.497 e. The number of carbonyl (C=O) groups excluding carboxylic acids is 4. The number of methoxy groups -OCH3 is 1. The number of amides is 4. The van der Waals surface area contributed by atoms with Gasteiger partial charge in [-0.1, -0.05) is 38.1 Å². The molecule has 5 atom stereocenters. The number of nitrogens with one attached hydrogen (secondary N) is 3. The van der Waals surface area contributed by atoms with Crippen molar-refractivity contribution in [3.63, 3.8) is 0 Å². The van der Waals surface area contributed by atoms with Crippen molar-refractivity contribution in [3.8, 4) is 16.2 Å². The number of hydrogen-bond donors (Lipinski definition) is 3. The second-order valence-electron chi connectivity index (χ2n) is 16.1. The molecule has 2 heterocycles. The molecule has 2 aliphatic carbocycles. The fraction of sp³-hybridized carbons (Fsp3) is 0.553. The number of sulfonamides is 1. The van der Waals surface area contributed by atoms with Gasteiger partial charge in [0.1, 0.15) is 29.0 Å². The molecule has 0 bridgehead atoms. The van der Waals surface area contributed by atoms with Gasteiger partial charge in [-0.05, 0) is 75.1 Å². The highest BCUT2D eigenvalue weighted by Gasteiger charge is 2.62. The Morgan fingerprint density at radius 3 is 2.43 bits per heavy atom. The fourth-order valence-corrected chi connectivity index (χ4v) is 8.59. The van der Waals surface area contributed by atoms with Crippen LogP contribution in [0.1, 0.15) is 72.8 Å². The van der Waals surface area contributed by atoms with E-state index in [2.05, 4.69) is 27.1 Å². The van der Waals surface area contributed by atoms with E-state index in [0.29, 0.717) is 18.6 Å². The highest BCUT2D eigenvalue weighted by atomic mass is 32.2. The minimum Gasteiger partial charge on any atom is -0.497 e. The van der Waals surface area contributed by atoms with Crippen LogP contribution in [0.25, 0.3) is 10.4 Å². The lowest BCUT2D eigenvalue weighted by atomic mass is 9.79. The summed E-state index contributed by atoms with van der Waals surface area (Å²) in [6, 6.07) is 8.43. The van der Waals surface area contributed by atoms with Crippen LogP contribution in [0.2, 0.25) is 0 Å². The van der Waals surface area contributed by atoms with Crippen molar-refractivity contribution < 1.29 is 41.9 Å². The van der Waals surface area contributed by atoms with Crippen LogP contribution in [-0.2, 0) is 34.0 Å². The number of oxime groups is 1. The van der Waals surface area contributed by atoms with Gasteiger partial charge in [0.05, 0.1) is 31.0 Å². The van der Waals surface area contributed by atoms with Crippen LogP contribution in [-0.4, -0.2) is 92.1 Å². The molecule has 5 rings (SSSR count). The summed E-state index contributed by atoms with van der Waals surface area (Å²) in [6.07, 6.45) is 2.73. The quantitative estimate of drug-likeness (QED) is 0.140. The maximum atomic E-state index is 14.5. The normalized spacial score (nSPS) is 23.3. The van der Waals surface area contributed by atoms with Crippen molar-refractivity contribution in [1.29, 1.82) is 0 Å². The molecule has 0 spiro atoms. The van der Waals surface area contributed by atoms with E-state index in [1.54, 1.807) is 45.4 Å². The van der Waals surface area contributed by atoms with E-state index in [4.69, 9.17) is 14.3 Å². The zero-order valence-corrected chi connectivity index (χ0v) is 33.5. The first-order valence-electron chi connectivity index (χ1n) is 18.0. The van der Waals surface area contributed by atoms with Crippen molar-refractivity contribution in [2.75, 3.05) is 20.2 Å². The van der Waals surface area contributed by atoms with Crippen molar-refractivity contribution >= 4 is 51.4 Å². The van der Waals surface area contributed by atoms with E-state index in [1.165, 1.54) is 11.0 Å². The van der Waals surface area contributed by atoms with Gasteiger partial charge in [0.25, 0.3) is 5.91 Å². The Bertz CT molecular complexity index is 1880. The number of benzene rings is 1. The Morgan fingerprint density at radius 2 is 1.85 bits per heavy atom. The fourth-order valence-electron chi connectivity index (χ4n) is 6.45. The Labute approximate surface area is 321 Å². The second kappa shape index (κ2) is 15.7. The SMILES string of the molecule is C=C[C@@H]1C[C@@]1(NC(=O)C1CC(O/N=C/c2cc(OC)ccc2-c2cccs2)CN1C(=O)[C@@H](CNC(=O)OC(C)(C)C)C(C)(C)C)C(=O)NS(=O)(=O)C1CC1.